The molecule has 2 N–H and O–H groups in total. The van der Waals surface area contributed by atoms with Crippen LogP contribution < -0.4 is 10.9 Å². The van der Waals surface area contributed by atoms with Crippen molar-refractivity contribution in [1.82, 2.24) is 30.1 Å². The summed E-state index contributed by atoms with van der Waals surface area (Å²) in [4.78, 5) is 25.6. The first-order chi connectivity index (χ1) is 12.2. The molecule has 4 aromatic heterocycles. The number of rotatable bonds is 4. The highest BCUT2D eigenvalue weighted by Crippen LogP contribution is 2.20. The Hall–Kier alpha value is -3.33. The van der Waals surface area contributed by atoms with Crippen molar-refractivity contribution in [2.45, 2.75) is 6.54 Å². The maximum Gasteiger partial charge on any atom is 0.253 e. The van der Waals surface area contributed by atoms with E-state index in [1.54, 1.807) is 15.9 Å². The van der Waals surface area contributed by atoms with Gasteiger partial charge in [0.25, 0.3) is 5.91 Å². The van der Waals surface area contributed by atoms with Crippen molar-refractivity contribution in [3.05, 3.63) is 69.0 Å². The molecule has 1 amide bonds. The number of carbonyl (C=O) groups excluding carboxylic acids is 1. The fraction of sp³-hybridized carbons (Fsp3) is 0.0625. The third-order valence-corrected chi connectivity index (χ3v) is 4.28. The monoisotopic (exact) mass is 352 g/mol. The van der Waals surface area contributed by atoms with Crippen molar-refractivity contribution >= 4 is 22.9 Å². The third-order valence-electron chi connectivity index (χ3n) is 3.60. The molecule has 0 fully saturated rings. The lowest BCUT2D eigenvalue weighted by atomic mass is 10.2. The number of fused-ring (bicyclic) bond motifs is 1. The molecular weight excluding hydrogens is 340 g/mol. The average Bonchev–Trinajstić information content (AvgIpc) is 3.30. The molecule has 124 valence electrons. The SMILES string of the molecule is O=C(NCc1nnc2ccc(-c3ccsc3)nn12)c1ccc(=O)[nH]c1. The second-order valence-electron chi connectivity index (χ2n) is 5.24. The van der Waals surface area contributed by atoms with Gasteiger partial charge < -0.3 is 10.3 Å². The van der Waals surface area contributed by atoms with Gasteiger partial charge in [-0.25, -0.2) is 0 Å². The molecule has 8 nitrogen and oxygen atoms in total. The second kappa shape index (κ2) is 6.29. The average molecular weight is 352 g/mol. The fourth-order valence-electron chi connectivity index (χ4n) is 2.32. The fourth-order valence-corrected chi connectivity index (χ4v) is 2.97. The molecular formula is C16H12N6O2S. The van der Waals surface area contributed by atoms with Crippen molar-refractivity contribution in [3.8, 4) is 11.3 Å². The van der Waals surface area contributed by atoms with Gasteiger partial charge in [0, 0.05) is 23.2 Å². The third kappa shape index (κ3) is 3.04. The number of aromatic amines is 1. The first-order valence-corrected chi connectivity index (χ1v) is 8.36. The number of pyridine rings is 1. The molecule has 0 saturated heterocycles. The summed E-state index contributed by atoms with van der Waals surface area (Å²) in [5.74, 6) is 0.201. The number of nitrogens with zero attached hydrogens (tertiary/aromatic N) is 4. The van der Waals surface area contributed by atoms with Gasteiger partial charge >= 0.3 is 0 Å². The topological polar surface area (TPSA) is 105 Å². The summed E-state index contributed by atoms with van der Waals surface area (Å²) in [6.45, 7) is 0.166. The molecule has 9 heteroatoms. The first kappa shape index (κ1) is 15.2. The molecule has 0 bridgehead atoms. The van der Waals surface area contributed by atoms with Crippen LogP contribution in [0.15, 0.2) is 52.1 Å². The predicted octanol–water partition coefficient (Wildman–Crippen LogP) is 1.47. The summed E-state index contributed by atoms with van der Waals surface area (Å²) in [5.41, 5.74) is 2.53. The summed E-state index contributed by atoms with van der Waals surface area (Å²) in [6, 6.07) is 8.47. The van der Waals surface area contributed by atoms with Crippen LogP contribution in [0.1, 0.15) is 16.2 Å². The molecule has 4 aromatic rings. The number of carbonyl (C=O) groups is 1. The number of hydrogen-bond acceptors (Lipinski definition) is 6. The van der Waals surface area contributed by atoms with Gasteiger partial charge in [-0.2, -0.15) is 21.0 Å². The van der Waals surface area contributed by atoms with Gasteiger partial charge in [-0.1, -0.05) is 0 Å². The Labute approximate surface area is 145 Å². The van der Waals surface area contributed by atoms with Gasteiger partial charge in [-0.3, -0.25) is 9.59 Å². The largest absolute Gasteiger partial charge is 0.345 e. The Balaban J connectivity index is 1.57. The highest BCUT2D eigenvalue weighted by Gasteiger charge is 2.11. The van der Waals surface area contributed by atoms with Crippen molar-refractivity contribution in [1.29, 1.82) is 0 Å². The maximum atomic E-state index is 12.1. The molecule has 0 spiro atoms. The van der Waals surface area contributed by atoms with Crippen LogP contribution >= 0.6 is 11.3 Å². The smallest absolute Gasteiger partial charge is 0.253 e. The molecule has 4 rings (SSSR count). The van der Waals surface area contributed by atoms with E-state index in [9.17, 15) is 9.59 Å². The van der Waals surface area contributed by atoms with Crippen LogP contribution in [0.4, 0.5) is 0 Å². The van der Waals surface area contributed by atoms with E-state index in [-0.39, 0.29) is 18.0 Å². The zero-order valence-electron chi connectivity index (χ0n) is 12.8. The quantitative estimate of drug-likeness (QED) is 0.579. The summed E-state index contributed by atoms with van der Waals surface area (Å²) in [5, 5.41) is 19.4. The Kier molecular flexibility index (Phi) is 3.82. The highest BCUT2D eigenvalue weighted by atomic mass is 32.1. The van der Waals surface area contributed by atoms with E-state index in [1.807, 2.05) is 29.0 Å². The molecule has 0 radical (unpaired) electrons. The van der Waals surface area contributed by atoms with Gasteiger partial charge in [0.15, 0.2) is 11.5 Å². The maximum absolute atomic E-state index is 12.1. The minimum atomic E-state index is -0.318. The molecule has 0 saturated carbocycles. The molecule has 25 heavy (non-hydrogen) atoms. The number of nitrogens with one attached hydrogen (secondary N) is 2. The van der Waals surface area contributed by atoms with Crippen LogP contribution in [0.2, 0.25) is 0 Å². The van der Waals surface area contributed by atoms with Crippen LogP contribution in [0, 0.1) is 0 Å². The second-order valence-corrected chi connectivity index (χ2v) is 6.02. The Morgan fingerprint density at radius 2 is 2.12 bits per heavy atom. The lowest BCUT2D eigenvalue weighted by molar-refractivity contribution is 0.0949. The minimum Gasteiger partial charge on any atom is -0.345 e. The molecule has 0 atom stereocenters. The summed E-state index contributed by atoms with van der Waals surface area (Å²) in [6.07, 6.45) is 1.37. The number of amides is 1. The van der Waals surface area contributed by atoms with E-state index in [0.717, 1.165) is 11.3 Å². The Morgan fingerprint density at radius 3 is 2.88 bits per heavy atom. The number of H-pyrrole nitrogens is 1. The van der Waals surface area contributed by atoms with Crippen molar-refractivity contribution in [3.63, 3.8) is 0 Å². The summed E-state index contributed by atoms with van der Waals surface area (Å²) in [7, 11) is 0. The first-order valence-electron chi connectivity index (χ1n) is 7.41. The van der Waals surface area contributed by atoms with E-state index in [1.165, 1.54) is 18.3 Å². The van der Waals surface area contributed by atoms with E-state index in [0.29, 0.717) is 17.0 Å². The van der Waals surface area contributed by atoms with Crippen LogP contribution in [-0.4, -0.2) is 30.7 Å². The zero-order valence-corrected chi connectivity index (χ0v) is 13.7. The number of aromatic nitrogens is 5. The molecule has 0 aliphatic heterocycles. The lowest BCUT2D eigenvalue weighted by Crippen LogP contribution is -2.25. The molecule has 0 aliphatic rings. The van der Waals surface area contributed by atoms with Crippen LogP contribution in [0.5, 0.6) is 0 Å². The Bertz CT molecular complexity index is 1080. The van der Waals surface area contributed by atoms with Crippen molar-refractivity contribution < 1.29 is 4.79 Å². The summed E-state index contributed by atoms with van der Waals surface area (Å²) < 4.78 is 1.61. The van der Waals surface area contributed by atoms with E-state index in [2.05, 4.69) is 25.6 Å². The van der Waals surface area contributed by atoms with E-state index in [4.69, 9.17) is 0 Å². The van der Waals surface area contributed by atoms with E-state index < -0.39 is 0 Å². The zero-order chi connectivity index (χ0) is 17.2. The number of hydrogen-bond donors (Lipinski definition) is 2. The van der Waals surface area contributed by atoms with Gasteiger partial charge in [0.2, 0.25) is 5.56 Å². The molecule has 0 aromatic carbocycles. The normalized spacial score (nSPS) is 10.9. The van der Waals surface area contributed by atoms with Gasteiger partial charge in [-0.15, -0.1) is 10.2 Å². The van der Waals surface area contributed by atoms with Crippen molar-refractivity contribution in [2.75, 3.05) is 0 Å². The molecule has 0 aliphatic carbocycles. The van der Waals surface area contributed by atoms with Gasteiger partial charge in [-0.05, 0) is 29.6 Å². The van der Waals surface area contributed by atoms with Gasteiger partial charge in [0.1, 0.15) is 0 Å². The molecule has 4 heterocycles. The lowest BCUT2D eigenvalue weighted by Gasteiger charge is -2.04. The number of thiophene rings is 1. The van der Waals surface area contributed by atoms with E-state index >= 15 is 0 Å². The van der Waals surface area contributed by atoms with Crippen LogP contribution in [0.25, 0.3) is 16.9 Å². The predicted molar refractivity (Wildman–Crippen MR) is 92.3 cm³/mol. The summed E-state index contributed by atoms with van der Waals surface area (Å²) >= 11 is 1.60. The van der Waals surface area contributed by atoms with Crippen LogP contribution in [-0.2, 0) is 6.54 Å². The Morgan fingerprint density at radius 1 is 1.20 bits per heavy atom. The minimum absolute atomic E-state index is 0.166. The standard InChI is InChI=1S/C16H12N6O2S/c23-15-4-1-10(7-17-15)16(24)18-8-14-20-19-13-3-2-12(21-22(13)14)11-5-6-25-9-11/h1-7,9H,8H2,(H,17,23)(H,18,24). The molecule has 0 unspecified atom stereocenters. The van der Waals surface area contributed by atoms with Crippen molar-refractivity contribution in [2.24, 2.45) is 0 Å². The highest BCUT2D eigenvalue weighted by molar-refractivity contribution is 7.08. The van der Waals surface area contributed by atoms with Crippen LogP contribution in [0.3, 0.4) is 0 Å². The van der Waals surface area contributed by atoms with Gasteiger partial charge in [0.05, 0.1) is 17.8 Å².